The van der Waals surface area contributed by atoms with E-state index in [0.29, 0.717) is 24.2 Å². The van der Waals surface area contributed by atoms with Crippen molar-refractivity contribution in [3.05, 3.63) is 59.7 Å². The van der Waals surface area contributed by atoms with Crippen LogP contribution in [-0.2, 0) is 21.9 Å². The molecular formula is C31H36I2N2O6. The van der Waals surface area contributed by atoms with Crippen molar-refractivity contribution >= 4 is 77.7 Å². The Labute approximate surface area is 257 Å². The van der Waals surface area contributed by atoms with Crippen molar-refractivity contribution < 1.29 is 21.9 Å². The van der Waals surface area contributed by atoms with Crippen molar-refractivity contribution in [3.8, 4) is 0 Å². The van der Waals surface area contributed by atoms with Crippen LogP contribution in [0.3, 0.4) is 0 Å². The fourth-order valence-electron chi connectivity index (χ4n) is 6.29. The van der Waals surface area contributed by atoms with Crippen LogP contribution in [-0.4, -0.2) is 46.1 Å². The maximum atomic E-state index is 13.7. The zero-order valence-corrected chi connectivity index (χ0v) is 27.3. The van der Waals surface area contributed by atoms with E-state index in [1.165, 1.54) is 0 Å². The maximum absolute atomic E-state index is 13.7. The summed E-state index contributed by atoms with van der Waals surface area (Å²) in [4.78, 5) is 35.9. The summed E-state index contributed by atoms with van der Waals surface area (Å²) < 4.78 is 29.5. The summed E-state index contributed by atoms with van der Waals surface area (Å²) in [6, 6.07) is 15.5. The minimum atomic E-state index is -2.71. The van der Waals surface area contributed by atoms with Gasteiger partial charge in [-0.15, -0.1) is 0 Å². The van der Waals surface area contributed by atoms with E-state index in [-0.39, 0.29) is 23.8 Å². The molecule has 6 atom stereocenters. The molecule has 4 fully saturated rings. The number of Topliss-reactive ketones (excluding diaryl/α,β-unsaturated/α-hetero) is 2. The molecule has 0 amide bonds. The van der Waals surface area contributed by atoms with E-state index in [0.717, 1.165) is 52.1 Å². The van der Waals surface area contributed by atoms with Crippen molar-refractivity contribution in [2.24, 2.45) is 21.8 Å². The Bertz CT molecular complexity index is 1210. The average molecular weight is 786 g/mol. The van der Waals surface area contributed by atoms with Gasteiger partial charge in [0.05, 0.1) is 0 Å². The monoisotopic (exact) mass is 786 g/mol. The molecule has 2 saturated heterocycles. The SMILES string of the molecule is C=Nc1ccccc1C1OI2CCCI(OC3CCCC(=O)C31)OC1CCCC(=O)C1C(c1ccccc1N=C)O2. The summed E-state index contributed by atoms with van der Waals surface area (Å²) in [5, 5.41) is 0. The first kappa shape index (κ1) is 29.5. The molecule has 0 aromatic heterocycles. The molecule has 10 heteroatoms. The van der Waals surface area contributed by atoms with Crippen LogP contribution >= 0.6 is 41.3 Å². The summed E-state index contributed by atoms with van der Waals surface area (Å²) >= 11 is -5.18. The van der Waals surface area contributed by atoms with Gasteiger partial charge >= 0.3 is 259 Å². The summed E-state index contributed by atoms with van der Waals surface area (Å²) in [5.41, 5.74) is 3.05. The molecule has 0 N–H and O–H groups in total. The number of alkyl halides is 2. The van der Waals surface area contributed by atoms with Crippen LogP contribution in [0.25, 0.3) is 0 Å². The molecule has 2 saturated carbocycles. The van der Waals surface area contributed by atoms with Crippen molar-refractivity contribution in [1.82, 2.24) is 0 Å². The van der Waals surface area contributed by atoms with Gasteiger partial charge < -0.3 is 0 Å². The number of carbonyl (C=O) groups excluding carboxylic acids is 2. The molecular weight excluding hydrogens is 750 g/mol. The van der Waals surface area contributed by atoms with Crippen molar-refractivity contribution in [2.45, 2.75) is 69.4 Å². The second-order valence-corrected chi connectivity index (χ2v) is 18.2. The zero-order chi connectivity index (χ0) is 28.3. The number of hydrogen-bond donors (Lipinski definition) is 0. The van der Waals surface area contributed by atoms with E-state index in [9.17, 15) is 9.59 Å². The molecule has 2 aromatic rings. The van der Waals surface area contributed by atoms with Crippen LogP contribution in [0.4, 0.5) is 11.4 Å². The summed E-state index contributed by atoms with van der Waals surface area (Å²) in [5.74, 6) is -0.642. The minimum absolute atomic E-state index is 0.151. The van der Waals surface area contributed by atoms with Crippen molar-refractivity contribution in [2.75, 3.05) is 8.86 Å². The van der Waals surface area contributed by atoms with Gasteiger partial charge in [0, 0.05) is 0 Å². The van der Waals surface area contributed by atoms with Crippen LogP contribution < -0.4 is 0 Å². The van der Waals surface area contributed by atoms with Crippen molar-refractivity contribution in [1.29, 1.82) is 0 Å². The standard InChI is InChI=1S/C31H36I2N2O6/c1-34-22-12-5-3-10-20(22)30-28-24(36)14-7-16-26(28)38-32-18-9-19-33(40-30)41-31(21-11-4-6-13-23(21)35-2)29-25(37)15-8-17-27(29)39-32/h3-6,10-13,26-31H,1-2,7-9,14-19H2. The first-order valence-electron chi connectivity index (χ1n) is 14.2. The number of para-hydroxylation sites is 2. The third-order valence-electron chi connectivity index (χ3n) is 8.24. The third-order valence-corrected chi connectivity index (χ3v) is 16.2. The van der Waals surface area contributed by atoms with E-state index in [1.807, 2.05) is 48.5 Å². The molecule has 2 aliphatic carbocycles. The topological polar surface area (TPSA) is 95.8 Å². The van der Waals surface area contributed by atoms with Gasteiger partial charge in [0.15, 0.2) is 0 Å². The molecule has 0 spiro atoms. The van der Waals surface area contributed by atoms with Crippen LogP contribution in [0, 0.1) is 11.8 Å². The Morgan fingerprint density at radius 2 is 1.07 bits per heavy atom. The second-order valence-electron chi connectivity index (χ2n) is 10.8. The summed E-state index contributed by atoms with van der Waals surface area (Å²) in [6.07, 6.45) is 3.27. The fraction of sp³-hybridized carbons (Fsp3) is 0.484. The molecule has 2 bridgehead atoms. The molecule has 0 radical (unpaired) electrons. The number of nitrogens with zero attached hydrogens (tertiary/aromatic N) is 2. The quantitative estimate of drug-likeness (QED) is 0.179. The number of rotatable bonds is 4. The molecule has 2 aromatic carbocycles. The number of halogens is 2. The fourth-order valence-corrected chi connectivity index (χ4v) is 16.0. The molecule has 4 aliphatic rings. The summed E-state index contributed by atoms with van der Waals surface area (Å²) in [6.45, 7) is 7.59. The summed E-state index contributed by atoms with van der Waals surface area (Å²) in [7, 11) is 0. The Kier molecular flexibility index (Phi) is 9.62. The first-order valence-corrected chi connectivity index (χ1v) is 20.8. The van der Waals surface area contributed by atoms with E-state index < -0.39 is 65.3 Å². The van der Waals surface area contributed by atoms with Gasteiger partial charge in [-0.25, -0.2) is 0 Å². The van der Waals surface area contributed by atoms with E-state index in [1.54, 1.807) is 0 Å². The molecule has 6 rings (SSSR count). The van der Waals surface area contributed by atoms with Crippen LogP contribution in [0.5, 0.6) is 0 Å². The number of aliphatic imine (C=N–C) groups is 2. The Morgan fingerprint density at radius 3 is 1.54 bits per heavy atom. The van der Waals surface area contributed by atoms with Gasteiger partial charge in [0.1, 0.15) is 0 Å². The van der Waals surface area contributed by atoms with Gasteiger partial charge in [-0.2, -0.15) is 0 Å². The van der Waals surface area contributed by atoms with E-state index in [4.69, 9.17) is 12.3 Å². The van der Waals surface area contributed by atoms with E-state index >= 15 is 0 Å². The predicted molar refractivity (Wildman–Crippen MR) is 176 cm³/mol. The third kappa shape index (κ3) is 6.23. The number of hydrogen-bond acceptors (Lipinski definition) is 8. The van der Waals surface area contributed by atoms with Crippen LogP contribution in [0.2, 0.25) is 0 Å². The number of benzene rings is 2. The molecule has 8 nitrogen and oxygen atoms in total. The van der Waals surface area contributed by atoms with Gasteiger partial charge in [-0.3, -0.25) is 0 Å². The Morgan fingerprint density at radius 1 is 0.634 bits per heavy atom. The normalized spacial score (nSPS) is 32.6. The van der Waals surface area contributed by atoms with Gasteiger partial charge in [0.25, 0.3) is 0 Å². The van der Waals surface area contributed by atoms with Gasteiger partial charge in [0.2, 0.25) is 0 Å². The second kappa shape index (κ2) is 13.4. The zero-order valence-electron chi connectivity index (χ0n) is 23.0. The van der Waals surface area contributed by atoms with Gasteiger partial charge in [-0.1, -0.05) is 0 Å². The first-order chi connectivity index (χ1) is 20.1. The van der Waals surface area contributed by atoms with Gasteiger partial charge in [-0.05, 0) is 0 Å². The number of ketones is 2. The molecule has 220 valence electrons. The molecule has 2 heterocycles. The van der Waals surface area contributed by atoms with Crippen LogP contribution in [0.15, 0.2) is 58.5 Å². The number of fused-ring (bicyclic) bond motifs is 6. The van der Waals surface area contributed by atoms with Crippen molar-refractivity contribution in [3.63, 3.8) is 0 Å². The number of carbonyl (C=O) groups is 2. The molecule has 41 heavy (non-hydrogen) atoms. The Balaban J connectivity index is 1.49. The predicted octanol–water partition coefficient (Wildman–Crippen LogP) is 7.77. The van der Waals surface area contributed by atoms with E-state index in [2.05, 4.69) is 23.4 Å². The molecule has 2 aliphatic heterocycles. The Hall–Kier alpha value is -1.58. The molecule has 6 unspecified atom stereocenters. The van der Waals surface area contributed by atoms with Crippen LogP contribution in [0.1, 0.15) is 68.3 Å². The average Bonchev–Trinajstić information content (AvgIpc) is 2.99.